The van der Waals surface area contributed by atoms with Crippen LogP contribution in [0.1, 0.15) is 43.8 Å². The van der Waals surface area contributed by atoms with Gasteiger partial charge in [-0.25, -0.2) is 9.78 Å². The lowest BCUT2D eigenvalue weighted by Crippen LogP contribution is -2.13. The van der Waals surface area contributed by atoms with E-state index in [1.165, 1.54) is 19.3 Å². The largest absolute Gasteiger partial charge is 0.497 e. The van der Waals surface area contributed by atoms with Crippen molar-refractivity contribution in [1.29, 1.82) is 0 Å². The summed E-state index contributed by atoms with van der Waals surface area (Å²) in [5.74, 6) is 0.725. The number of ether oxygens (including phenoxy) is 1. The number of benzene rings is 1. The van der Waals surface area contributed by atoms with Gasteiger partial charge >= 0.3 is 5.97 Å². The third kappa shape index (κ3) is 3.67. The molecule has 1 aliphatic carbocycles. The Hall–Kier alpha value is -2.56. The zero-order valence-corrected chi connectivity index (χ0v) is 13.8. The molecule has 1 aliphatic rings. The molecule has 0 spiro atoms. The maximum Gasteiger partial charge on any atom is 0.328 e. The predicted octanol–water partition coefficient (Wildman–Crippen LogP) is 4.16. The molecule has 5 heteroatoms. The summed E-state index contributed by atoms with van der Waals surface area (Å²) in [5, 5.41) is 8.84. The van der Waals surface area contributed by atoms with Crippen molar-refractivity contribution >= 4 is 12.0 Å². The fraction of sp³-hybridized carbons (Fsp3) is 0.368. The van der Waals surface area contributed by atoms with Crippen molar-refractivity contribution < 1.29 is 14.6 Å². The summed E-state index contributed by atoms with van der Waals surface area (Å²) in [7, 11) is 1.65. The van der Waals surface area contributed by atoms with Crippen LogP contribution in [0.2, 0.25) is 0 Å². The minimum atomic E-state index is -0.965. The first-order chi connectivity index (χ1) is 11.7. The fourth-order valence-corrected chi connectivity index (χ4v) is 3.24. The van der Waals surface area contributed by atoms with Crippen LogP contribution in [-0.4, -0.2) is 27.7 Å². The van der Waals surface area contributed by atoms with Gasteiger partial charge in [0.1, 0.15) is 11.6 Å². The lowest BCUT2D eigenvalue weighted by atomic mass is 9.95. The van der Waals surface area contributed by atoms with Gasteiger partial charge in [-0.3, -0.25) is 0 Å². The number of methoxy groups -OCH3 is 1. The van der Waals surface area contributed by atoms with E-state index >= 15 is 0 Å². The third-order valence-electron chi connectivity index (χ3n) is 4.46. The molecule has 0 saturated heterocycles. The summed E-state index contributed by atoms with van der Waals surface area (Å²) in [6.07, 6.45) is 10.7. The second-order valence-corrected chi connectivity index (χ2v) is 6.09. The molecule has 1 aromatic carbocycles. The second kappa shape index (κ2) is 7.34. The topological polar surface area (TPSA) is 64.3 Å². The van der Waals surface area contributed by atoms with Crippen LogP contribution in [-0.2, 0) is 4.79 Å². The van der Waals surface area contributed by atoms with Crippen LogP contribution in [0.25, 0.3) is 17.5 Å². The summed E-state index contributed by atoms with van der Waals surface area (Å²) >= 11 is 0. The molecule has 1 saturated carbocycles. The molecule has 1 heterocycles. The van der Waals surface area contributed by atoms with Crippen molar-refractivity contribution in [3.05, 3.63) is 42.2 Å². The van der Waals surface area contributed by atoms with Crippen molar-refractivity contribution in [2.45, 2.75) is 38.1 Å². The molecule has 0 bridgehead atoms. The molecule has 1 N–H and O–H groups in total. The molecule has 0 radical (unpaired) electrons. The number of nitrogens with zero attached hydrogens (tertiary/aromatic N) is 2. The van der Waals surface area contributed by atoms with E-state index in [-0.39, 0.29) is 0 Å². The van der Waals surface area contributed by atoms with Crippen LogP contribution in [0.4, 0.5) is 0 Å². The highest BCUT2D eigenvalue weighted by Gasteiger charge is 2.20. The lowest BCUT2D eigenvalue weighted by molar-refractivity contribution is -0.131. The van der Waals surface area contributed by atoms with Gasteiger partial charge in [-0.2, -0.15) is 0 Å². The van der Waals surface area contributed by atoms with E-state index in [1.54, 1.807) is 13.2 Å². The summed E-state index contributed by atoms with van der Waals surface area (Å²) < 4.78 is 7.43. The molecule has 0 atom stereocenters. The number of rotatable bonds is 5. The number of imidazole rings is 1. The first-order valence-electron chi connectivity index (χ1n) is 8.31. The molecule has 5 nitrogen and oxygen atoms in total. The Morgan fingerprint density at radius 3 is 2.58 bits per heavy atom. The monoisotopic (exact) mass is 326 g/mol. The van der Waals surface area contributed by atoms with Crippen LogP contribution < -0.4 is 4.74 Å². The van der Waals surface area contributed by atoms with Crippen molar-refractivity contribution in [1.82, 2.24) is 9.55 Å². The van der Waals surface area contributed by atoms with Gasteiger partial charge in [0, 0.05) is 23.9 Å². The molecular formula is C19H22N2O3. The summed E-state index contributed by atoms with van der Waals surface area (Å²) in [4.78, 5) is 15.4. The van der Waals surface area contributed by atoms with E-state index in [0.717, 1.165) is 36.1 Å². The Labute approximate surface area is 141 Å². The van der Waals surface area contributed by atoms with E-state index in [2.05, 4.69) is 9.55 Å². The number of aliphatic carboxylic acids is 1. The summed E-state index contributed by atoms with van der Waals surface area (Å²) in [6, 6.07) is 8.25. The predicted molar refractivity (Wildman–Crippen MR) is 93.0 cm³/mol. The van der Waals surface area contributed by atoms with Crippen molar-refractivity contribution in [3.8, 4) is 17.1 Å². The number of hydrogen-bond acceptors (Lipinski definition) is 3. The maximum absolute atomic E-state index is 10.8. The van der Waals surface area contributed by atoms with Crippen molar-refractivity contribution in [2.75, 3.05) is 7.11 Å². The second-order valence-electron chi connectivity index (χ2n) is 6.09. The minimum absolute atomic E-state index is 0.426. The average Bonchev–Trinajstić information content (AvgIpc) is 3.05. The first kappa shape index (κ1) is 16.3. The molecule has 3 rings (SSSR count). The Morgan fingerprint density at radius 2 is 1.96 bits per heavy atom. The number of carboxylic acid groups (broad SMARTS) is 1. The molecule has 1 aromatic heterocycles. The molecule has 0 unspecified atom stereocenters. The normalized spacial score (nSPS) is 15.7. The van der Waals surface area contributed by atoms with E-state index in [1.807, 2.05) is 30.5 Å². The highest BCUT2D eigenvalue weighted by atomic mass is 16.5. The molecule has 1 fully saturated rings. The Morgan fingerprint density at radius 1 is 1.25 bits per heavy atom. The van der Waals surface area contributed by atoms with Crippen LogP contribution in [0.5, 0.6) is 5.75 Å². The standard InChI is InChI=1S/C19H22N2O3/c1-24-17-10-7-14(8-11-17)19-20-15(9-12-18(22)23)13-21(19)16-5-3-2-4-6-16/h7-13,16H,2-6H2,1H3,(H,22,23)/b12-9+. The van der Waals surface area contributed by atoms with E-state index in [4.69, 9.17) is 9.84 Å². The zero-order valence-electron chi connectivity index (χ0n) is 13.8. The summed E-state index contributed by atoms with van der Waals surface area (Å²) in [6.45, 7) is 0. The highest BCUT2D eigenvalue weighted by molar-refractivity contribution is 5.85. The molecule has 0 aliphatic heterocycles. The molecule has 24 heavy (non-hydrogen) atoms. The van der Waals surface area contributed by atoms with Crippen LogP contribution in [0, 0.1) is 0 Å². The smallest absolute Gasteiger partial charge is 0.328 e. The average molecular weight is 326 g/mol. The fourth-order valence-electron chi connectivity index (χ4n) is 3.24. The van der Waals surface area contributed by atoms with Crippen LogP contribution in [0.15, 0.2) is 36.5 Å². The van der Waals surface area contributed by atoms with Gasteiger partial charge in [0.15, 0.2) is 0 Å². The van der Waals surface area contributed by atoms with Gasteiger partial charge < -0.3 is 14.4 Å². The third-order valence-corrected chi connectivity index (χ3v) is 4.46. The van der Waals surface area contributed by atoms with Gasteiger partial charge in [0.05, 0.1) is 12.8 Å². The summed E-state index contributed by atoms with van der Waals surface area (Å²) in [5.41, 5.74) is 1.69. The van der Waals surface area contributed by atoms with Crippen molar-refractivity contribution in [2.24, 2.45) is 0 Å². The number of carboxylic acids is 1. The Bertz CT molecular complexity index is 726. The number of aromatic nitrogens is 2. The van der Waals surface area contributed by atoms with Crippen molar-refractivity contribution in [3.63, 3.8) is 0 Å². The maximum atomic E-state index is 10.8. The quantitative estimate of drug-likeness (QED) is 0.838. The Balaban J connectivity index is 1.98. The van der Waals surface area contributed by atoms with Crippen LogP contribution in [0.3, 0.4) is 0 Å². The number of hydrogen-bond donors (Lipinski definition) is 1. The van der Waals surface area contributed by atoms with Gasteiger partial charge in [0.25, 0.3) is 0 Å². The first-order valence-corrected chi connectivity index (χ1v) is 8.31. The van der Waals surface area contributed by atoms with E-state index in [0.29, 0.717) is 11.7 Å². The molecule has 126 valence electrons. The van der Waals surface area contributed by atoms with Gasteiger partial charge in [-0.1, -0.05) is 19.3 Å². The van der Waals surface area contributed by atoms with Gasteiger partial charge in [0.2, 0.25) is 0 Å². The molecule has 2 aromatic rings. The lowest BCUT2D eigenvalue weighted by Gasteiger charge is -2.24. The Kier molecular flexibility index (Phi) is 4.99. The van der Waals surface area contributed by atoms with E-state index < -0.39 is 5.97 Å². The minimum Gasteiger partial charge on any atom is -0.497 e. The molecular weight excluding hydrogens is 304 g/mol. The van der Waals surface area contributed by atoms with Gasteiger partial charge in [-0.05, 0) is 43.2 Å². The molecule has 0 amide bonds. The van der Waals surface area contributed by atoms with E-state index in [9.17, 15) is 4.79 Å². The SMILES string of the molecule is COc1ccc(-c2nc(/C=C/C(=O)O)cn2C2CCCCC2)cc1. The van der Waals surface area contributed by atoms with Crippen LogP contribution >= 0.6 is 0 Å². The highest BCUT2D eigenvalue weighted by Crippen LogP contribution is 2.33. The van der Waals surface area contributed by atoms with Gasteiger partial charge in [-0.15, -0.1) is 0 Å². The zero-order chi connectivity index (χ0) is 16.9. The number of carbonyl (C=O) groups is 1.